The number of aryl methyl sites for hydroxylation is 1. The Morgan fingerprint density at radius 1 is 1.17 bits per heavy atom. The summed E-state index contributed by atoms with van der Waals surface area (Å²) in [5.41, 5.74) is 2.27. The van der Waals surface area contributed by atoms with E-state index in [1.165, 1.54) is 12.3 Å². The number of aromatic hydroxyl groups is 1. The van der Waals surface area contributed by atoms with Gasteiger partial charge in [-0.2, -0.15) is 0 Å². The second-order valence-corrected chi connectivity index (χ2v) is 5.96. The third-order valence-electron chi connectivity index (χ3n) is 3.24. The monoisotopic (exact) mass is 363 g/mol. The molecule has 6 heteroatoms. The predicted octanol–water partition coefficient (Wildman–Crippen LogP) is 4.83. The molecule has 124 valence electrons. The molecule has 0 radical (unpaired) electrons. The largest absolute Gasteiger partial charge is 0.507 e. The average molecular weight is 364 g/mol. The molecule has 0 aliphatic heterocycles. The normalized spacial score (nSPS) is 11.9. The lowest BCUT2D eigenvalue weighted by atomic mass is 9.99. The van der Waals surface area contributed by atoms with Gasteiger partial charge in [0.2, 0.25) is 0 Å². The summed E-state index contributed by atoms with van der Waals surface area (Å²) < 4.78 is 0. The van der Waals surface area contributed by atoms with Crippen molar-refractivity contribution in [3.63, 3.8) is 0 Å². The summed E-state index contributed by atoms with van der Waals surface area (Å²) >= 11 is 12.0. The minimum absolute atomic E-state index is 0.0692. The molecule has 2 aromatic carbocycles. The van der Waals surface area contributed by atoms with Gasteiger partial charge in [0.25, 0.3) is 0 Å². The lowest BCUT2D eigenvalue weighted by Gasteiger charge is -2.11. The van der Waals surface area contributed by atoms with Crippen molar-refractivity contribution in [1.29, 1.82) is 0 Å². The second-order valence-electron chi connectivity index (χ2n) is 5.09. The highest BCUT2D eigenvalue weighted by Gasteiger charge is 2.14. The van der Waals surface area contributed by atoms with Crippen LogP contribution in [0.1, 0.15) is 23.1 Å². The van der Waals surface area contributed by atoms with E-state index in [2.05, 4.69) is 4.99 Å². The van der Waals surface area contributed by atoms with Crippen molar-refractivity contribution >= 4 is 34.9 Å². The zero-order valence-corrected chi connectivity index (χ0v) is 14.3. The van der Waals surface area contributed by atoms with Crippen molar-refractivity contribution in [3.05, 3.63) is 75.4 Å². The molecule has 24 heavy (non-hydrogen) atoms. The van der Waals surface area contributed by atoms with Crippen LogP contribution in [0.15, 0.2) is 53.7 Å². The average Bonchev–Trinajstić information content (AvgIpc) is 2.52. The number of carbonyl (C=O) groups is 1. The quantitative estimate of drug-likeness (QED) is 0.747. The van der Waals surface area contributed by atoms with Gasteiger partial charge in [-0.15, -0.1) is 0 Å². The van der Waals surface area contributed by atoms with Gasteiger partial charge in [-0.05, 0) is 36.8 Å². The number of aliphatic carboxylic acids is 1. The Balaban J connectivity index is 2.55. The molecule has 0 amide bonds. The van der Waals surface area contributed by atoms with E-state index in [0.29, 0.717) is 26.9 Å². The molecule has 2 rings (SSSR count). The maximum Gasteiger partial charge on any atom is 0.307 e. The Morgan fingerprint density at radius 3 is 2.46 bits per heavy atom. The van der Waals surface area contributed by atoms with E-state index in [1.54, 1.807) is 43.3 Å². The highest BCUT2D eigenvalue weighted by Crippen LogP contribution is 2.29. The van der Waals surface area contributed by atoms with Crippen LogP contribution in [0.2, 0.25) is 10.0 Å². The van der Waals surface area contributed by atoms with Gasteiger partial charge in [0.15, 0.2) is 0 Å². The predicted molar refractivity (Wildman–Crippen MR) is 96.3 cm³/mol. The summed E-state index contributed by atoms with van der Waals surface area (Å²) in [7, 11) is 0. The first-order valence-electron chi connectivity index (χ1n) is 7.08. The lowest BCUT2D eigenvalue weighted by molar-refractivity contribution is -0.136. The number of aliphatic imine (C=N–C) groups is 1. The smallest absolute Gasteiger partial charge is 0.307 e. The van der Waals surface area contributed by atoms with Gasteiger partial charge in [0.1, 0.15) is 5.75 Å². The Labute approximate surface area is 149 Å². The maximum absolute atomic E-state index is 10.6. The minimum atomic E-state index is -0.948. The molecule has 0 spiro atoms. The van der Waals surface area contributed by atoms with Gasteiger partial charge >= 0.3 is 5.97 Å². The SMILES string of the molecule is Cc1cc(Cl)cc(/C(=N/C=C/CC(=O)O)c2ccc(Cl)cc2)c1O. The number of nitrogens with zero attached hydrogens (tertiary/aromatic N) is 1. The molecule has 0 fully saturated rings. The van der Waals surface area contributed by atoms with Gasteiger partial charge in [0.05, 0.1) is 12.1 Å². The molecule has 0 aliphatic carbocycles. The highest BCUT2D eigenvalue weighted by atomic mass is 35.5. The standard InChI is InChI=1S/C18H15Cl2NO3/c1-11-9-14(20)10-15(18(11)24)17(21-8-2-3-16(22)23)12-4-6-13(19)7-5-12/h2,4-10,24H,3H2,1H3,(H,22,23)/b8-2+,21-17+. The molecule has 0 aliphatic rings. The number of carboxylic acids is 1. The van der Waals surface area contributed by atoms with E-state index in [4.69, 9.17) is 28.3 Å². The molecule has 2 N–H and O–H groups in total. The Bertz CT molecular complexity index is 812. The number of hydrogen-bond donors (Lipinski definition) is 2. The zero-order valence-electron chi connectivity index (χ0n) is 12.8. The third kappa shape index (κ3) is 4.60. The molecular formula is C18H15Cl2NO3. The molecule has 0 heterocycles. The minimum Gasteiger partial charge on any atom is -0.507 e. The maximum atomic E-state index is 10.6. The van der Waals surface area contributed by atoms with Crippen molar-refractivity contribution < 1.29 is 15.0 Å². The van der Waals surface area contributed by atoms with E-state index < -0.39 is 5.97 Å². The number of hydrogen-bond acceptors (Lipinski definition) is 3. The molecule has 0 unspecified atom stereocenters. The number of carboxylic acid groups (broad SMARTS) is 1. The summed E-state index contributed by atoms with van der Waals surface area (Å²) in [5, 5.41) is 20.1. The summed E-state index contributed by atoms with van der Waals surface area (Å²) in [5.74, 6) is -0.879. The van der Waals surface area contributed by atoms with Crippen LogP contribution in [0.4, 0.5) is 0 Å². The fourth-order valence-corrected chi connectivity index (χ4v) is 2.50. The van der Waals surface area contributed by atoms with Crippen LogP contribution in [0.25, 0.3) is 0 Å². The number of benzene rings is 2. The number of phenolic OH excluding ortho intramolecular Hbond substituents is 1. The van der Waals surface area contributed by atoms with Gasteiger partial charge in [-0.1, -0.05) is 41.4 Å². The van der Waals surface area contributed by atoms with Gasteiger partial charge in [0, 0.05) is 27.4 Å². The molecule has 0 atom stereocenters. The summed E-state index contributed by atoms with van der Waals surface area (Å²) in [6.45, 7) is 1.74. The molecule has 0 bridgehead atoms. The molecule has 0 saturated carbocycles. The molecule has 2 aromatic rings. The zero-order chi connectivity index (χ0) is 17.7. The third-order valence-corrected chi connectivity index (χ3v) is 3.71. The first-order valence-corrected chi connectivity index (χ1v) is 7.84. The first-order chi connectivity index (χ1) is 11.4. The van der Waals surface area contributed by atoms with Gasteiger partial charge in [-0.3, -0.25) is 9.79 Å². The molecule has 0 saturated heterocycles. The van der Waals surface area contributed by atoms with Crippen LogP contribution < -0.4 is 0 Å². The topological polar surface area (TPSA) is 69.9 Å². The van der Waals surface area contributed by atoms with Crippen molar-refractivity contribution in [2.45, 2.75) is 13.3 Å². The van der Waals surface area contributed by atoms with Crippen molar-refractivity contribution in [3.8, 4) is 5.75 Å². The summed E-state index contributed by atoms with van der Waals surface area (Å²) in [6.07, 6.45) is 2.68. The van der Waals surface area contributed by atoms with E-state index in [1.807, 2.05) is 0 Å². The summed E-state index contributed by atoms with van der Waals surface area (Å²) in [4.78, 5) is 14.9. The molecular weight excluding hydrogens is 349 g/mol. The molecule has 0 aromatic heterocycles. The Hall–Kier alpha value is -2.30. The van der Waals surface area contributed by atoms with E-state index in [-0.39, 0.29) is 12.2 Å². The number of halogens is 2. The van der Waals surface area contributed by atoms with Crippen LogP contribution in [0, 0.1) is 6.92 Å². The van der Waals surface area contributed by atoms with Crippen molar-refractivity contribution in [1.82, 2.24) is 0 Å². The number of phenols is 1. The lowest BCUT2D eigenvalue weighted by Crippen LogP contribution is -2.04. The Morgan fingerprint density at radius 2 is 1.83 bits per heavy atom. The first kappa shape index (κ1) is 18.0. The number of rotatable bonds is 5. The van der Waals surface area contributed by atoms with Gasteiger partial charge < -0.3 is 10.2 Å². The van der Waals surface area contributed by atoms with Crippen molar-refractivity contribution in [2.24, 2.45) is 4.99 Å². The second kappa shape index (κ2) is 7.99. The van der Waals surface area contributed by atoms with E-state index >= 15 is 0 Å². The van der Waals surface area contributed by atoms with E-state index in [0.717, 1.165) is 5.56 Å². The Kier molecular flexibility index (Phi) is 6.01. The van der Waals surface area contributed by atoms with Crippen LogP contribution in [0.5, 0.6) is 5.75 Å². The van der Waals surface area contributed by atoms with Crippen molar-refractivity contribution in [2.75, 3.05) is 0 Å². The molecule has 4 nitrogen and oxygen atoms in total. The van der Waals surface area contributed by atoms with Crippen LogP contribution >= 0.6 is 23.2 Å². The van der Waals surface area contributed by atoms with E-state index in [9.17, 15) is 9.90 Å². The van der Waals surface area contributed by atoms with Crippen LogP contribution in [-0.2, 0) is 4.79 Å². The van der Waals surface area contributed by atoms with Crippen LogP contribution in [0.3, 0.4) is 0 Å². The van der Waals surface area contributed by atoms with Crippen LogP contribution in [-0.4, -0.2) is 21.9 Å². The summed E-state index contributed by atoms with van der Waals surface area (Å²) in [6, 6.07) is 10.2. The fourth-order valence-electron chi connectivity index (χ4n) is 2.10. The fraction of sp³-hybridized carbons (Fsp3) is 0.111. The highest BCUT2D eigenvalue weighted by molar-refractivity contribution is 6.32. The van der Waals surface area contributed by atoms with Gasteiger partial charge in [-0.25, -0.2) is 0 Å².